The van der Waals surface area contributed by atoms with Crippen LogP contribution in [0.15, 0.2) is 53.1 Å². The highest BCUT2D eigenvalue weighted by molar-refractivity contribution is 5.82. The predicted octanol–water partition coefficient (Wildman–Crippen LogP) is 2.03. The summed E-state index contributed by atoms with van der Waals surface area (Å²) < 4.78 is 5.24. The van der Waals surface area contributed by atoms with Crippen LogP contribution in [0.2, 0.25) is 0 Å². The molecule has 1 aromatic carbocycles. The minimum Gasteiger partial charge on any atom is -0.467 e. The second-order valence-electron chi connectivity index (χ2n) is 4.54. The van der Waals surface area contributed by atoms with Crippen LogP contribution in [-0.2, 0) is 11.2 Å². The average Bonchev–Trinajstić information content (AvgIpc) is 2.93. The number of amides is 1. The van der Waals surface area contributed by atoms with Gasteiger partial charge in [-0.15, -0.1) is 0 Å². The molecule has 100 valence electrons. The summed E-state index contributed by atoms with van der Waals surface area (Å²) >= 11 is 0. The topological polar surface area (TPSA) is 68.3 Å². The molecule has 1 amide bonds. The van der Waals surface area contributed by atoms with Crippen LogP contribution in [0.3, 0.4) is 0 Å². The lowest BCUT2D eigenvalue weighted by Crippen LogP contribution is -2.42. The van der Waals surface area contributed by atoms with Gasteiger partial charge in [-0.25, -0.2) is 0 Å². The molecule has 2 rings (SSSR count). The maximum Gasteiger partial charge on any atom is 0.237 e. The molecule has 0 spiro atoms. The Hall–Kier alpha value is -2.07. The lowest BCUT2D eigenvalue weighted by atomic mass is 10.1. The number of benzene rings is 1. The Bertz CT molecular complexity index is 508. The summed E-state index contributed by atoms with van der Waals surface area (Å²) in [6.07, 6.45) is 2.11. The van der Waals surface area contributed by atoms with Crippen LogP contribution in [0.25, 0.3) is 0 Å². The van der Waals surface area contributed by atoms with Crippen LogP contribution in [0.1, 0.15) is 24.3 Å². The number of rotatable bonds is 5. The molecule has 0 aliphatic heterocycles. The van der Waals surface area contributed by atoms with Gasteiger partial charge in [0, 0.05) is 0 Å². The van der Waals surface area contributed by atoms with Crippen molar-refractivity contribution in [3.8, 4) is 0 Å². The Morgan fingerprint density at radius 3 is 2.63 bits per heavy atom. The molecule has 2 atom stereocenters. The van der Waals surface area contributed by atoms with Crippen LogP contribution in [0.4, 0.5) is 0 Å². The lowest BCUT2D eigenvalue weighted by Gasteiger charge is -2.16. The first-order valence-electron chi connectivity index (χ1n) is 6.30. The van der Waals surface area contributed by atoms with Crippen LogP contribution in [-0.4, -0.2) is 11.9 Å². The summed E-state index contributed by atoms with van der Waals surface area (Å²) in [6, 6.07) is 12.6. The number of carbonyl (C=O) groups excluding carboxylic acids is 1. The Labute approximate surface area is 112 Å². The van der Waals surface area contributed by atoms with Gasteiger partial charge in [0.1, 0.15) is 5.76 Å². The molecule has 19 heavy (non-hydrogen) atoms. The van der Waals surface area contributed by atoms with Crippen molar-refractivity contribution in [3.05, 3.63) is 60.1 Å². The fourth-order valence-electron chi connectivity index (χ4n) is 1.89. The zero-order valence-electron chi connectivity index (χ0n) is 10.9. The molecule has 0 aliphatic rings. The average molecular weight is 258 g/mol. The summed E-state index contributed by atoms with van der Waals surface area (Å²) in [5.74, 6) is 0.549. The molecule has 0 saturated carbocycles. The number of carbonyl (C=O) groups is 1. The molecule has 4 heteroatoms. The van der Waals surface area contributed by atoms with Crippen LogP contribution in [0.5, 0.6) is 0 Å². The number of nitrogens with one attached hydrogen (secondary N) is 1. The first-order valence-corrected chi connectivity index (χ1v) is 6.30. The molecule has 2 aromatic rings. The van der Waals surface area contributed by atoms with E-state index in [4.69, 9.17) is 10.2 Å². The van der Waals surface area contributed by atoms with Crippen molar-refractivity contribution in [1.29, 1.82) is 0 Å². The molecular formula is C15H18N2O2. The molecule has 1 aromatic heterocycles. The Kier molecular flexibility index (Phi) is 4.36. The lowest BCUT2D eigenvalue weighted by molar-refractivity contribution is -0.123. The van der Waals surface area contributed by atoms with Crippen LogP contribution < -0.4 is 11.1 Å². The standard InChI is InChI=1S/C15H18N2O2/c1-11(14-8-5-9-19-14)17-15(18)13(16)10-12-6-3-2-4-7-12/h2-9,11,13H,10,16H2,1H3,(H,17,18)/t11?,13-/m0/s1. The third kappa shape index (κ3) is 3.69. The molecule has 1 heterocycles. The SMILES string of the molecule is CC(NC(=O)[C@@H](N)Cc1ccccc1)c1ccco1. The summed E-state index contributed by atoms with van der Waals surface area (Å²) in [6.45, 7) is 1.87. The van der Waals surface area contributed by atoms with Crippen LogP contribution >= 0.6 is 0 Å². The number of furan rings is 1. The fraction of sp³-hybridized carbons (Fsp3) is 0.267. The van der Waals surface area contributed by atoms with Crippen molar-refractivity contribution >= 4 is 5.91 Å². The predicted molar refractivity (Wildman–Crippen MR) is 73.4 cm³/mol. The van der Waals surface area contributed by atoms with E-state index in [1.54, 1.807) is 12.3 Å². The molecule has 3 N–H and O–H groups in total. The maximum atomic E-state index is 12.0. The van der Waals surface area contributed by atoms with Crippen molar-refractivity contribution in [2.45, 2.75) is 25.4 Å². The molecule has 0 aliphatic carbocycles. The molecule has 4 nitrogen and oxygen atoms in total. The summed E-state index contributed by atoms with van der Waals surface area (Å²) in [4.78, 5) is 12.0. The first kappa shape index (κ1) is 13.4. The summed E-state index contributed by atoms with van der Waals surface area (Å²) in [7, 11) is 0. The molecule has 0 radical (unpaired) electrons. The zero-order valence-corrected chi connectivity index (χ0v) is 10.9. The number of nitrogens with two attached hydrogens (primary N) is 1. The quantitative estimate of drug-likeness (QED) is 0.862. The van der Waals surface area contributed by atoms with Crippen molar-refractivity contribution in [2.75, 3.05) is 0 Å². The maximum absolute atomic E-state index is 12.0. The van der Waals surface area contributed by atoms with Crippen molar-refractivity contribution < 1.29 is 9.21 Å². The number of hydrogen-bond acceptors (Lipinski definition) is 3. The third-order valence-electron chi connectivity index (χ3n) is 2.96. The van der Waals surface area contributed by atoms with E-state index >= 15 is 0 Å². The van der Waals surface area contributed by atoms with Crippen LogP contribution in [0, 0.1) is 0 Å². The molecule has 1 unspecified atom stereocenters. The van der Waals surface area contributed by atoms with Gasteiger partial charge in [-0.2, -0.15) is 0 Å². The minimum atomic E-state index is -0.556. The normalized spacial score (nSPS) is 13.8. The largest absolute Gasteiger partial charge is 0.467 e. The number of hydrogen-bond donors (Lipinski definition) is 2. The van der Waals surface area contributed by atoms with Crippen molar-refractivity contribution in [3.63, 3.8) is 0 Å². The highest BCUT2D eigenvalue weighted by Gasteiger charge is 2.18. The van der Waals surface area contributed by atoms with E-state index in [-0.39, 0.29) is 11.9 Å². The molecule has 0 saturated heterocycles. The third-order valence-corrected chi connectivity index (χ3v) is 2.96. The van der Waals surface area contributed by atoms with Gasteiger partial charge in [0.05, 0.1) is 18.3 Å². The Balaban J connectivity index is 1.89. The minimum absolute atomic E-state index is 0.173. The van der Waals surface area contributed by atoms with Gasteiger partial charge in [-0.3, -0.25) is 4.79 Å². The van der Waals surface area contributed by atoms with E-state index in [9.17, 15) is 4.79 Å². The zero-order chi connectivity index (χ0) is 13.7. The van der Waals surface area contributed by atoms with Gasteiger partial charge in [0.2, 0.25) is 5.91 Å². The van der Waals surface area contributed by atoms with E-state index < -0.39 is 6.04 Å². The second-order valence-corrected chi connectivity index (χ2v) is 4.54. The highest BCUT2D eigenvalue weighted by Crippen LogP contribution is 2.12. The van der Waals surface area contributed by atoms with Crippen molar-refractivity contribution in [1.82, 2.24) is 5.32 Å². The van der Waals surface area contributed by atoms with Crippen molar-refractivity contribution in [2.24, 2.45) is 5.73 Å². The first-order chi connectivity index (χ1) is 9.16. The monoisotopic (exact) mass is 258 g/mol. The van der Waals surface area contributed by atoms with Gasteiger partial charge >= 0.3 is 0 Å². The molecule has 0 fully saturated rings. The second kappa shape index (κ2) is 6.20. The van der Waals surface area contributed by atoms with E-state index in [2.05, 4.69) is 5.32 Å². The van der Waals surface area contributed by atoms with Gasteiger partial charge in [-0.1, -0.05) is 30.3 Å². The summed E-state index contributed by atoms with van der Waals surface area (Å²) in [5, 5.41) is 2.84. The van der Waals surface area contributed by atoms with Gasteiger partial charge < -0.3 is 15.5 Å². The smallest absolute Gasteiger partial charge is 0.237 e. The van der Waals surface area contributed by atoms with Gasteiger partial charge in [0.15, 0.2) is 0 Å². The Morgan fingerprint density at radius 2 is 2.00 bits per heavy atom. The van der Waals surface area contributed by atoms with E-state index in [0.29, 0.717) is 6.42 Å². The highest BCUT2D eigenvalue weighted by atomic mass is 16.3. The fourth-order valence-corrected chi connectivity index (χ4v) is 1.89. The van der Waals surface area contributed by atoms with E-state index in [1.165, 1.54) is 0 Å². The van der Waals surface area contributed by atoms with Gasteiger partial charge in [-0.05, 0) is 31.0 Å². The van der Waals surface area contributed by atoms with E-state index in [1.807, 2.05) is 43.3 Å². The molecular weight excluding hydrogens is 240 g/mol. The molecule has 0 bridgehead atoms. The van der Waals surface area contributed by atoms with Gasteiger partial charge in [0.25, 0.3) is 0 Å². The Morgan fingerprint density at radius 1 is 1.26 bits per heavy atom. The summed E-state index contributed by atoms with van der Waals surface area (Å²) in [5.41, 5.74) is 6.96. The van der Waals surface area contributed by atoms with E-state index in [0.717, 1.165) is 11.3 Å².